The first-order valence-electron chi connectivity index (χ1n) is 7.75. The lowest BCUT2D eigenvalue weighted by molar-refractivity contribution is -0.127. The fraction of sp³-hybridized carbons (Fsp3) is 0.353. The van der Waals surface area contributed by atoms with Crippen molar-refractivity contribution in [2.24, 2.45) is 0 Å². The summed E-state index contributed by atoms with van der Waals surface area (Å²) in [5.74, 6) is 0.496. The van der Waals surface area contributed by atoms with Gasteiger partial charge in [0.1, 0.15) is 0 Å². The van der Waals surface area contributed by atoms with Crippen LogP contribution in [-0.4, -0.2) is 45.1 Å². The number of nitrogens with zero attached hydrogens (tertiary/aromatic N) is 3. The Balaban J connectivity index is 1.53. The van der Waals surface area contributed by atoms with E-state index in [1.54, 1.807) is 16.2 Å². The van der Waals surface area contributed by atoms with Crippen LogP contribution in [0.5, 0.6) is 0 Å². The molecule has 0 spiro atoms. The predicted octanol–water partition coefficient (Wildman–Crippen LogP) is 3.43. The minimum atomic E-state index is 0.110. The van der Waals surface area contributed by atoms with E-state index in [9.17, 15) is 4.79 Å². The molecule has 0 unspecified atom stereocenters. The number of hydrogen-bond donors (Lipinski definition) is 1. The van der Waals surface area contributed by atoms with Gasteiger partial charge in [0.2, 0.25) is 5.91 Å². The Kier molecular flexibility index (Phi) is 5.20. The lowest BCUT2D eigenvalue weighted by Crippen LogP contribution is -2.30. The first-order chi connectivity index (χ1) is 11.5. The number of imidazole rings is 1. The Labute approximate surface area is 149 Å². The zero-order valence-corrected chi connectivity index (χ0v) is 15.6. The van der Waals surface area contributed by atoms with E-state index in [1.807, 2.05) is 31.6 Å². The van der Waals surface area contributed by atoms with Crippen molar-refractivity contribution in [2.75, 3.05) is 19.3 Å². The number of nitrogens with one attached hydrogen (secondary N) is 1. The zero-order valence-electron chi connectivity index (χ0n) is 14.0. The van der Waals surface area contributed by atoms with Gasteiger partial charge in [0.15, 0.2) is 5.16 Å². The molecule has 0 aliphatic carbocycles. The highest BCUT2D eigenvalue weighted by atomic mass is 32.2. The summed E-state index contributed by atoms with van der Waals surface area (Å²) in [6.45, 7) is 4.77. The van der Waals surface area contributed by atoms with Crippen LogP contribution >= 0.6 is 23.1 Å². The molecule has 0 atom stereocenters. The second-order valence-corrected chi connectivity index (χ2v) is 7.68. The molecule has 2 aromatic heterocycles. The van der Waals surface area contributed by atoms with Gasteiger partial charge in [-0.2, -0.15) is 0 Å². The van der Waals surface area contributed by atoms with Gasteiger partial charge in [-0.25, -0.2) is 9.97 Å². The van der Waals surface area contributed by atoms with Crippen LogP contribution in [0, 0.1) is 13.8 Å². The third-order valence-corrected chi connectivity index (χ3v) is 5.75. The van der Waals surface area contributed by atoms with Crippen LogP contribution in [0.25, 0.3) is 11.0 Å². The van der Waals surface area contributed by atoms with Gasteiger partial charge in [-0.15, -0.1) is 11.3 Å². The molecule has 7 heteroatoms. The summed E-state index contributed by atoms with van der Waals surface area (Å²) in [5, 5.41) is 0.788. The van der Waals surface area contributed by atoms with Gasteiger partial charge in [-0.05, 0) is 31.5 Å². The van der Waals surface area contributed by atoms with Gasteiger partial charge >= 0.3 is 0 Å². The highest BCUT2D eigenvalue weighted by Crippen LogP contribution is 2.20. The Morgan fingerprint density at radius 1 is 1.38 bits per heavy atom. The lowest BCUT2D eigenvalue weighted by Gasteiger charge is -2.16. The number of aryl methyl sites for hydroxylation is 2. The number of likely N-dealkylation sites (N-methyl/N-ethyl adjacent to an activating group) is 1. The van der Waals surface area contributed by atoms with E-state index in [0.29, 0.717) is 12.3 Å². The Morgan fingerprint density at radius 3 is 2.96 bits per heavy atom. The number of fused-ring (bicyclic) bond motifs is 1. The molecule has 1 amide bonds. The number of carbonyl (C=O) groups excluding carboxylic acids is 1. The minimum Gasteiger partial charge on any atom is -0.345 e. The summed E-state index contributed by atoms with van der Waals surface area (Å²) in [4.78, 5) is 27.3. The number of aromatic nitrogens is 3. The van der Waals surface area contributed by atoms with Gasteiger partial charge in [-0.3, -0.25) is 4.79 Å². The number of hydrogen-bond acceptors (Lipinski definition) is 5. The molecule has 126 valence electrons. The normalized spacial score (nSPS) is 11.1. The van der Waals surface area contributed by atoms with Crippen LogP contribution in [0.3, 0.4) is 0 Å². The molecule has 0 radical (unpaired) electrons. The van der Waals surface area contributed by atoms with Crippen molar-refractivity contribution >= 4 is 40.0 Å². The summed E-state index contributed by atoms with van der Waals surface area (Å²) < 4.78 is 0. The molecule has 1 aromatic carbocycles. The van der Waals surface area contributed by atoms with Crippen LogP contribution in [0.2, 0.25) is 0 Å². The fourth-order valence-electron chi connectivity index (χ4n) is 2.37. The number of H-pyrrole nitrogens is 1. The largest absolute Gasteiger partial charge is 0.345 e. The summed E-state index contributed by atoms with van der Waals surface area (Å²) in [6.07, 6.45) is 0.854. The molecular formula is C17H20N4OS2. The van der Waals surface area contributed by atoms with E-state index in [1.165, 1.54) is 22.2 Å². The number of carbonyl (C=O) groups is 1. The van der Waals surface area contributed by atoms with E-state index in [4.69, 9.17) is 0 Å². The third-order valence-electron chi connectivity index (χ3n) is 3.89. The molecule has 3 rings (SSSR count). The Bertz CT molecular complexity index is 855. The van der Waals surface area contributed by atoms with Crippen LogP contribution < -0.4 is 0 Å². The molecule has 24 heavy (non-hydrogen) atoms. The lowest BCUT2D eigenvalue weighted by atomic mass is 10.2. The van der Waals surface area contributed by atoms with E-state index < -0.39 is 0 Å². The molecule has 0 fully saturated rings. The maximum absolute atomic E-state index is 12.3. The topological polar surface area (TPSA) is 61.9 Å². The SMILES string of the molecule is Cc1ccc2nc(SCC(=O)N(C)CCc3scnc3C)[nH]c2c1. The van der Waals surface area contributed by atoms with Crippen molar-refractivity contribution in [1.82, 2.24) is 19.9 Å². The Hall–Kier alpha value is -1.86. The molecule has 1 N–H and O–H groups in total. The Morgan fingerprint density at radius 2 is 2.21 bits per heavy atom. The van der Waals surface area contributed by atoms with E-state index in [2.05, 4.69) is 27.9 Å². The van der Waals surface area contributed by atoms with E-state index >= 15 is 0 Å². The molecule has 5 nitrogen and oxygen atoms in total. The molecule has 0 bridgehead atoms. The van der Waals surface area contributed by atoms with E-state index in [-0.39, 0.29) is 5.91 Å². The van der Waals surface area contributed by atoms with Crippen molar-refractivity contribution in [3.8, 4) is 0 Å². The second-order valence-electron chi connectivity index (χ2n) is 5.78. The molecule has 2 heterocycles. The van der Waals surface area contributed by atoms with Crippen molar-refractivity contribution in [2.45, 2.75) is 25.4 Å². The maximum Gasteiger partial charge on any atom is 0.232 e. The third kappa shape index (κ3) is 3.96. The van der Waals surface area contributed by atoms with E-state index in [0.717, 1.165) is 28.3 Å². The van der Waals surface area contributed by atoms with Crippen LogP contribution in [0.15, 0.2) is 28.9 Å². The smallest absolute Gasteiger partial charge is 0.232 e. The molecule has 0 aliphatic rings. The standard InChI is InChI=1S/C17H20N4OS2/c1-11-4-5-13-14(8-11)20-17(19-13)23-9-16(22)21(3)7-6-15-12(2)18-10-24-15/h4-5,8,10H,6-7,9H2,1-3H3,(H,19,20). The molecule has 0 aliphatic heterocycles. The fourth-order valence-corrected chi connectivity index (χ4v) is 3.96. The highest BCUT2D eigenvalue weighted by molar-refractivity contribution is 7.99. The minimum absolute atomic E-state index is 0.110. The van der Waals surface area contributed by atoms with Crippen molar-refractivity contribution in [1.29, 1.82) is 0 Å². The average Bonchev–Trinajstić information content (AvgIpc) is 3.15. The zero-order chi connectivity index (χ0) is 17.1. The number of benzene rings is 1. The number of aromatic amines is 1. The monoisotopic (exact) mass is 360 g/mol. The number of amides is 1. The summed E-state index contributed by atoms with van der Waals surface area (Å²) in [5.41, 5.74) is 6.05. The maximum atomic E-state index is 12.3. The van der Waals surface area contributed by atoms with Crippen LogP contribution in [0.4, 0.5) is 0 Å². The summed E-state index contributed by atoms with van der Waals surface area (Å²) in [7, 11) is 1.85. The molecular weight excluding hydrogens is 340 g/mol. The molecule has 0 saturated heterocycles. The van der Waals surface area contributed by atoms with Crippen molar-refractivity contribution < 1.29 is 4.79 Å². The van der Waals surface area contributed by atoms with Gasteiger partial charge in [0.05, 0.1) is 28.0 Å². The average molecular weight is 361 g/mol. The van der Waals surface area contributed by atoms with Crippen molar-refractivity contribution in [3.05, 3.63) is 39.8 Å². The number of thiazole rings is 1. The highest BCUT2D eigenvalue weighted by Gasteiger charge is 2.12. The van der Waals surface area contributed by atoms with Gasteiger partial charge in [-0.1, -0.05) is 17.8 Å². The molecule has 0 saturated carbocycles. The van der Waals surface area contributed by atoms with Gasteiger partial charge < -0.3 is 9.88 Å². The quantitative estimate of drug-likeness (QED) is 0.684. The summed E-state index contributed by atoms with van der Waals surface area (Å²) >= 11 is 3.10. The predicted molar refractivity (Wildman–Crippen MR) is 99.7 cm³/mol. The summed E-state index contributed by atoms with van der Waals surface area (Å²) in [6, 6.07) is 6.10. The van der Waals surface area contributed by atoms with Crippen LogP contribution in [-0.2, 0) is 11.2 Å². The number of rotatable bonds is 6. The second kappa shape index (κ2) is 7.36. The van der Waals surface area contributed by atoms with Gasteiger partial charge in [0.25, 0.3) is 0 Å². The van der Waals surface area contributed by atoms with Crippen molar-refractivity contribution in [3.63, 3.8) is 0 Å². The first-order valence-corrected chi connectivity index (χ1v) is 9.61. The molecule has 3 aromatic rings. The van der Waals surface area contributed by atoms with Crippen LogP contribution in [0.1, 0.15) is 16.1 Å². The first kappa shape index (κ1) is 17.0. The van der Waals surface area contributed by atoms with Gasteiger partial charge in [0, 0.05) is 24.9 Å². The number of thioether (sulfide) groups is 1.